The third kappa shape index (κ3) is 3.64. The molecule has 1 aromatic carbocycles. The Morgan fingerprint density at radius 3 is 2.74 bits per heavy atom. The Morgan fingerprint density at radius 1 is 1.17 bits per heavy atom. The summed E-state index contributed by atoms with van der Waals surface area (Å²) in [6.45, 7) is 1.90. The molecule has 1 heterocycles. The minimum atomic E-state index is -0.925. The second-order valence-electron chi connectivity index (χ2n) is 6.08. The van der Waals surface area contributed by atoms with Gasteiger partial charge in [-0.25, -0.2) is 18.7 Å². The van der Waals surface area contributed by atoms with Crippen molar-refractivity contribution in [1.29, 1.82) is 0 Å². The molecule has 2 N–H and O–H groups in total. The Bertz CT molecular complexity index is 695. The molecular weight excluding hydrogens is 300 g/mol. The van der Waals surface area contributed by atoms with E-state index >= 15 is 0 Å². The van der Waals surface area contributed by atoms with E-state index in [0.717, 1.165) is 42.9 Å². The number of benzene rings is 1. The molecule has 4 nitrogen and oxygen atoms in total. The zero-order chi connectivity index (χ0) is 16.4. The molecule has 1 aromatic heterocycles. The monoisotopic (exact) mass is 319 g/mol. The number of rotatable bonds is 4. The standard InChI is InChI=1S/C17H19F2N3O/c1-10-6-16(21-9-20-10)22-13-4-2-11(7-13)17(23)12-3-5-14(18)15(19)8-12/h3,5-6,8-9,11,13,17,23H,2,4,7H2,1H3,(H,20,21,22)/t11?,13?,17-/m0/s1. The largest absolute Gasteiger partial charge is 0.388 e. The Balaban J connectivity index is 1.63. The highest BCUT2D eigenvalue weighted by atomic mass is 19.2. The van der Waals surface area contributed by atoms with Crippen LogP contribution in [0.15, 0.2) is 30.6 Å². The SMILES string of the molecule is Cc1cc(NC2CCC([C@H](O)c3ccc(F)c(F)c3)C2)ncn1. The molecule has 0 saturated heterocycles. The summed E-state index contributed by atoms with van der Waals surface area (Å²) in [7, 11) is 0. The predicted octanol–water partition coefficient (Wildman–Crippen LogP) is 3.38. The third-order valence-corrected chi connectivity index (χ3v) is 4.36. The first-order chi connectivity index (χ1) is 11.0. The van der Waals surface area contributed by atoms with Crippen LogP contribution < -0.4 is 5.32 Å². The fraction of sp³-hybridized carbons (Fsp3) is 0.412. The number of aromatic nitrogens is 2. The van der Waals surface area contributed by atoms with Crippen molar-refractivity contribution in [2.75, 3.05) is 5.32 Å². The van der Waals surface area contributed by atoms with Gasteiger partial charge in [-0.2, -0.15) is 0 Å². The summed E-state index contributed by atoms with van der Waals surface area (Å²) < 4.78 is 26.3. The number of aliphatic hydroxyl groups is 1. The summed E-state index contributed by atoms with van der Waals surface area (Å²) >= 11 is 0. The first-order valence-corrected chi connectivity index (χ1v) is 7.71. The summed E-state index contributed by atoms with van der Waals surface area (Å²) in [5, 5.41) is 13.8. The molecular formula is C17H19F2N3O. The molecule has 2 unspecified atom stereocenters. The normalized spacial score (nSPS) is 22.1. The zero-order valence-corrected chi connectivity index (χ0v) is 12.8. The molecule has 122 valence electrons. The van der Waals surface area contributed by atoms with Crippen molar-refractivity contribution >= 4 is 5.82 Å². The molecule has 3 atom stereocenters. The zero-order valence-electron chi connectivity index (χ0n) is 12.8. The van der Waals surface area contributed by atoms with Gasteiger partial charge in [0.05, 0.1) is 6.10 Å². The van der Waals surface area contributed by atoms with Gasteiger partial charge in [0, 0.05) is 17.8 Å². The van der Waals surface area contributed by atoms with E-state index in [1.807, 2.05) is 13.0 Å². The molecule has 0 amide bonds. The van der Waals surface area contributed by atoms with E-state index < -0.39 is 17.7 Å². The van der Waals surface area contributed by atoms with E-state index in [2.05, 4.69) is 15.3 Å². The van der Waals surface area contributed by atoms with E-state index in [-0.39, 0.29) is 12.0 Å². The summed E-state index contributed by atoms with van der Waals surface area (Å²) in [5.74, 6) is -1.04. The maximum atomic E-state index is 13.3. The highest BCUT2D eigenvalue weighted by molar-refractivity contribution is 5.36. The Kier molecular flexibility index (Phi) is 4.52. The minimum absolute atomic E-state index is 0.0142. The van der Waals surface area contributed by atoms with Gasteiger partial charge in [-0.3, -0.25) is 0 Å². The number of nitrogens with one attached hydrogen (secondary N) is 1. The number of aryl methyl sites for hydroxylation is 1. The molecule has 1 aliphatic rings. The molecule has 3 rings (SSSR count). The molecule has 1 saturated carbocycles. The first-order valence-electron chi connectivity index (χ1n) is 7.71. The molecule has 6 heteroatoms. The van der Waals surface area contributed by atoms with Gasteiger partial charge in [-0.1, -0.05) is 6.07 Å². The van der Waals surface area contributed by atoms with Gasteiger partial charge in [0.1, 0.15) is 12.1 Å². The molecule has 0 radical (unpaired) electrons. The van der Waals surface area contributed by atoms with Crippen molar-refractivity contribution in [3.63, 3.8) is 0 Å². The van der Waals surface area contributed by atoms with Gasteiger partial charge in [0.2, 0.25) is 0 Å². The minimum Gasteiger partial charge on any atom is -0.388 e. The van der Waals surface area contributed by atoms with Gasteiger partial charge < -0.3 is 10.4 Å². The molecule has 0 aliphatic heterocycles. The van der Waals surface area contributed by atoms with Gasteiger partial charge in [0.25, 0.3) is 0 Å². The summed E-state index contributed by atoms with van der Waals surface area (Å²) in [6, 6.07) is 5.65. The molecule has 1 fully saturated rings. The van der Waals surface area contributed by atoms with E-state index in [9.17, 15) is 13.9 Å². The average Bonchev–Trinajstić information content (AvgIpc) is 2.98. The van der Waals surface area contributed by atoms with Crippen molar-refractivity contribution in [3.8, 4) is 0 Å². The first kappa shape index (κ1) is 15.8. The lowest BCUT2D eigenvalue weighted by Crippen LogP contribution is -2.18. The Hall–Kier alpha value is -2.08. The molecule has 23 heavy (non-hydrogen) atoms. The van der Waals surface area contributed by atoms with Crippen LogP contribution in [0.25, 0.3) is 0 Å². The number of nitrogens with zero attached hydrogens (tertiary/aromatic N) is 2. The summed E-state index contributed by atoms with van der Waals surface area (Å²) in [4.78, 5) is 8.23. The topological polar surface area (TPSA) is 58.0 Å². The second kappa shape index (κ2) is 6.58. The van der Waals surface area contributed by atoms with Gasteiger partial charge in [-0.05, 0) is 49.8 Å². The van der Waals surface area contributed by atoms with Crippen LogP contribution in [-0.4, -0.2) is 21.1 Å². The van der Waals surface area contributed by atoms with E-state index in [4.69, 9.17) is 0 Å². The maximum absolute atomic E-state index is 13.3. The molecule has 2 aromatic rings. The Labute approximate surface area is 133 Å². The Morgan fingerprint density at radius 2 is 2.00 bits per heavy atom. The number of anilines is 1. The van der Waals surface area contributed by atoms with Crippen molar-refractivity contribution < 1.29 is 13.9 Å². The van der Waals surface area contributed by atoms with Crippen LogP contribution in [-0.2, 0) is 0 Å². The quantitative estimate of drug-likeness (QED) is 0.907. The molecule has 0 spiro atoms. The van der Waals surface area contributed by atoms with Crippen molar-refractivity contribution in [3.05, 3.63) is 53.5 Å². The number of halogens is 2. The van der Waals surface area contributed by atoms with Crippen LogP contribution in [0.3, 0.4) is 0 Å². The van der Waals surface area contributed by atoms with Crippen molar-refractivity contribution in [2.24, 2.45) is 5.92 Å². The van der Waals surface area contributed by atoms with Gasteiger partial charge in [-0.15, -0.1) is 0 Å². The summed E-state index contributed by atoms with van der Waals surface area (Å²) in [5.41, 5.74) is 1.31. The smallest absolute Gasteiger partial charge is 0.159 e. The van der Waals surface area contributed by atoms with Crippen LogP contribution >= 0.6 is 0 Å². The van der Waals surface area contributed by atoms with E-state index in [0.29, 0.717) is 5.56 Å². The molecule has 1 aliphatic carbocycles. The van der Waals surface area contributed by atoms with Crippen LogP contribution in [0.5, 0.6) is 0 Å². The van der Waals surface area contributed by atoms with Crippen LogP contribution in [0.4, 0.5) is 14.6 Å². The van der Waals surface area contributed by atoms with Crippen molar-refractivity contribution in [2.45, 2.75) is 38.3 Å². The van der Waals surface area contributed by atoms with Gasteiger partial charge >= 0.3 is 0 Å². The predicted molar refractivity (Wildman–Crippen MR) is 82.8 cm³/mol. The van der Waals surface area contributed by atoms with Crippen LogP contribution in [0.2, 0.25) is 0 Å². The maximum Gasteiger partial charge on any atom is 0.159 e. The van der Waals surface area contributed by atoms with Crippen molar-refractivity contribution in [1.82, 2.24) is 9.97 Å². The molecule has 0 bridgehead atoms. The third-order valence-electron chi connectivity index (χ3n) is 4.36. The number of hydrogen-bond donors (Lipinski definition) is 2. The average molecular weight is 319 g/mol. The summed E-state index contributed by atoms with van der Waals surface area (Å²) in [6.07, 6.45) is 3.20. The van der Waals surface area contributed by atoms with Crippen LogP contribution in [0, 0.1) is 24.5 Å². The number of hydrogen-bond acceptors (Lipinski definition) is 4. The fourth-order valence-electron chi connectivity index (χ4n) is 3.15. The lowest BCUT2D eigenvalue weighted by atomic mass is 9.94. The van der Waals surface area contributed by atoms with Gasteiger partial charge in [0.15, 0.2) is 11.6 Å². The van der Waals surface area contributed by atoms with E-state index in [1.165, 1.54) is 12.4 Å². The second-order valence-corrected chi connectivity index (χ2v) is 6.08. The lowest BCUT2D eigenvalue weighted by molar-refractivity contribution is 0.110. The van der Waals surface area contributed by atoms with Crippen LogP contribution in [0.1, 0.15) is 36.6 Å². The number of aliphatic hydroxyl groups excluding tert-OH is 1. The lowest BCUT2D eigenvalue weighted by Gasteiger charge is -2.19. The van der Waals surface area contributed by atoms with E-state index in [1.54, 1.807) is 0 Å². The highest BCUT2D eigenvalue weighted by Crippen LogP contribution is 2.37. The highest BCUT2D eigenvalue weighted by Gasteiger charge is 2.31. The fourth-order valence-corrected chi connectivity index (χ4v) is 3.15.